The second-order valence-electron chi connectivity index (χ2n) is 5.22. The van der Waals surface area contributed by atoms with E-state index in [0.29, 0.717) is 23.4 Å². The summed E-state index contributed by atoms with van der Waals surface area (Å²) in [6.45, 7) is 7.24. The van der Waals surface area contributed by atoms with Crippen LogP contribution < -0.4 is 4.74 Å². The highest BCUT2D eigenvalue weighted by Crippen LogP contribution is 2.29. The predicted molar refractivity (Wildman–Crippen MR) is 75.0 cm³/mol. The Kier molecular flexibility index (Phi) is 3.30. The molecule has 0 spiro atoms. The normalized spacial score (nSPS) is 12.8. The number of hydrogen-bond donors (Lipinski definition) is 0. The van der Waals surface area contributed by atoms with Crippen LogP contribution in [-0.2, 0) is 10.0 Å². The summed E-state index contributed by atoms with van der Waals surface area (Å²) in [5, 5.41) is 4.83. The van der Waals surface area contributed by atoms with Crippen LogP contribution in [0.2, 0.25) is 0 Å². The van der Waals surface area contributed by atoms with Gasteiger partial charge in [0.1, 0.15) is 0 Å². The molecule has 0 radical (unpaired) electrons. The van der Waals surface area contributed by atoms with Crippen LogP contribution in [0, 0.1) is 0 Å². The van der Waals surface area contributed by atoms with Crippen LogP contribution >= 0.6 is 0 Å². The monoisotopic (exact) mass is 282 g/mol. The molecule has 0 bridgehead atoms. The first-order chi connectivity index (χ1) is 8.79. The SMILES string of the molecule is CCOc1nn(S(=O)(=O)C(C)(C)C)c2ccccc12. The van der Waals surface area contributed by atoms with Crippen LogP contribution in [0.15, 0.2) is 24.3 Å². The summed E-state index contributed by atoms with van der Waals surface area (Å²) in [5.74, 6) is 0.353. The Hall–Kier alpha value is -1.56. The van der Waals surface area contributed by atoms with Gasteiger partial charge in [-0.25, -0.2) is 8.42 Å². The first-order valence-electron chi connectivity index (χ1n) is 6.14. The van der Waals surface area contributed by atoms with Gasteiger partial charge in [0, 0.05) is 0 Å². The number of benzene rings is 1. The third kappa shape index (κ3) is 2.20. The predicted octanol–water partition coefficient (Wildman–Crippen LogP) is 2.41. The van der Waals surface area contributed by atoms with E-state index >= 15 is 0 Å². The molecule has 0 saturated heterocycles. The van der Waals surface area contributed by atoms with Crippen molar-refractivity contribution in [3.63, 3.8) is 0 Å². The van der Waals surface area contributed by atoms with E-state index in [9.17, 15) is 8.42 Å². The van der Waals surface area contributed by atoms with E-state index in [1.807, 2.05) is 19.1 Å². The molecule has 0 atom stereocenters. The minimum atomic E-state index is -3.57. The number of hydrogen-bond acceptors (Lipinski definition) is 4. The van der Waals surface area contributed by atoms with Gasteiger partial charge in [0.15, 0.2) is 0 Å². The van der Waals surface area contributed by atoms with E-state index in [-0.39, 0.29) is 0 Å². The highest BCUT2D eigenvalue weighted by Gasteiger charge is 2.33. The molecule has 1 heterocycles. The largest absolute Gasteiger partial charge is 0.476 e. The van der Waals surface area contributed by atoms with E-state index < -0.39 is 14.8 Å². The Balaban J connectivity index is 2.76. The van der Waals surface area contributed by atoms with Crippen LogP contribution in [-0.4, -0.2) is 29.0 Å². The lowest BCUT2D eigenvalue weighted by Gasteiger charge is -2.19. The van der Waals surface area contributed by atoms with Crippen molar-refractivity contribution in [3.8, 4) is 5.88 Å². The molecule has 0 saturated carbocycles. The number of nitrogens with zero attached hydrogens (tertiary/aromatic N) is 2. The average molecular weight is 282 g/mol. The summed E-state index contributed by atoms with van der Waals surface area (Å²) in [4.78, 5) is 0. The Morgan fingerprint density at radius 1 is 1.26 bits per heavy atom. The van der Waals surface area contributed by atoms with Gasteiger partial charge in [0.25, 0.3) is 10.0 Å². The molecule has 0 fully saturated rings. The molecule has 0 aliphatic heterocycles. The topological polar surface area (TPSA) is 61.2 Å². The van der Waals surface area contributed by atoms with Gasteiger partial charge in [0.2, 0.25) is 5.88 Å². The molecule has 19 heavy (non-hydrogen) atoms. The lowest BCUT2D eigenvalue weighted by molar-refractivity contribution is 0.328. The van der Waals surface area contributed by atoms with E-state index in [1.165, 1.54) is 0 Å². The highest BCUT2D eigenvalue weighted by molar-refractivity contribution is 7.91. The number of para-hydroxylation sites is 1. The molecule has 5 nitrogen and oxygen atoms in total. The molecule has 2 aromatic rings. The summed E-state index contributed by atoms with van der Waals surface area (Å²) in [7, 11) is -3.57. The highest BCUT2D eigenvalue weighted by atomic mass is 32.2. The standard InChI is InChI=1S/C13H18N2O3S/c1-5-18-12-10-8-6-7-9-11(10)15(14-12)19(16,17)13(2,3)4/h6-9H,5H2,1-4H3. The second-order valence-corrected chi connectivity index (χ2v) is 7.74. The fourth-order valence-electron chi connectivity index (χ4n) is 1.70. The van der Waals surface area contributed by atoms with Crippen molar-refractivity contribution in [2.45, 2.75) is 32.4 Å². The van der Waals surface area contributed by atoms with E-state index in [0.717, 1.165) is 4.09 Å². The fourth-order valence-corrected chi connectivity index (χ4v) is 2.82. The van der Waals surface area contributed by atoms with Gasteiger partial charge in [-0.15, -0.1) is 5.10 Å². The first kappa shape index (κ1) is 13.9. The maximum Gasteiger partial charge on any atom is 0.259 e. The number of ether oxygens (including phenoxy) is 1. The van der Waals surface area contributed by atoms with Gasteiger partial charge in [-0.3, -0.25) is 0 Å². The molecule has 1 aromatic heterocycles. The van der Waals surface area contributed by atoms with E-state index in [1.54, 1.807) is 32.9 Å². The van der Waals surface area contributed by atoms with Crippen molar-refractivity contribution in [2.75, 3.05) is 6.61 Å². The molecule has 2 rings (SSSR count). The Morgan fingerprint density at radius 3 is 2.47 bits per heavy atom. The number of rotatable bonds is 3. The minimum absolute atomic E-state index is 0.353. The quantitative estimate of drug-likeness (QED) is 0.867. The zero-order valence-electron chi connectivity index (χ0n) is 11.5. The Labute approximate surface area is 113 Å². The Morgan fingerprint density at radius 2 is 1.89 bits per heavy atom. The van der Waals surface area contributed by atoms with Crippen LogP contribution in [0.5, 0.6) is 5.88 Å². The summed E-state index contributed by atoms with van der Waals surface area (Å²) < 4.78 is 30.6. The molecule has 0 unspecified atom stereocenters. The third-order valence-corrected chi connectivity index (χ3v) is 5.09. The zero-order chi connectivity index (χ0) is 14.3. The van der Waals surface area contributed by atoms with Crippen molar-refractivity contribution in [3.05, 3.63) is 24.3 Å². The van der Waals surface area contributed by atoms with Crippen molar-refractivity contribution < 1.29 is 13.2 Å². The molecule has 104 valence electrons. The maximum atomic E-state index is 12.5. The lowest BCUT2D eigenvalue weighted by atomic mass is 10.2. The summed E-state index contributed by atoms with van der Waals surface area (Å²) in [6.07, 6.45) is 0. The molecule has 0 aliphatic carbocycles. The van der Waals surface area contributed by atoms with Crippen molar-refractivity contribution >= 4 is 20.9 Å². The van der Waals surface area contributed by atoms with Crippen LogP contribution in [0.1, 0.15) is 27.7 Å². The smallest absolute Gasteiger partial charge is 0.259 e. The molecule has 0 aliphatic rings. The zero-order valence-corrected chi connectivity index (χ0v) is 12.4. The van der Waals surface area contributed by atoms with Crippen molar-refractivity contribution in [2.24, 2.45) is 0 Å². The minimum Gasteiger partial charge on any atom is -0.476 e. The second kappa shape index (κ2) is 4.52. The summed E-state index contributed by atoms with van der Waals surface area (Å²) >= 11 is 0. The fraction of sp³-hybridized carbons (Fsp3) is 0.462. The lowest BCUT2D eigenvalue weighted by Crippen LogP contribution is -2.34. The van der Waals surface area contributed by atoms with Crippen molar-refractivity contribution in [1.29, 1.82) is 0 Å². The number of aromatic nitrogens is 2. The van der Waals surface area contributed by atoms with E-state index in [2.05, 4.69) is 5.10 Å². The maximum absolute atomic E-state index is 12.5. The summed E-state index contributed by atoms with van der Waals surface area (Å²) in [6, 6.07) is 7.16. The summed E-state index contributed by atoms with van der Waals surface area (Å²) in [5.41, 5.74) is 0.542. The van der Waals surface area contributed by atoms with Crippen LogP contribution in [0.25, 0.3) is 10.9 Å². The first-order valence-corrected chi connectivity index (χ1v) is 7.58. The molecule has 6 heteroatoms. The van der Waals surface area contributed by atoms with Gasteiger partial charge >= 0.3 is 0 Å². The molecule has 0 N–H and O–H groups in total. The average Bonchev–Trinajstić information content (AvgIpc) is 2.68. The van der Waals surface area contributed by atoms with Gasteiger partial charge in [-0.2, -0.15) is 4.09 Å². The third-order valence-electron chi connectivity index (χ3n) is 2.80. The molecule has 0 amide bonds. The molecular formula is C13H18N2O3S. The van der Waals surface area contributed by atoms with Crippen molar-refractivity contribution in [1.82, 2.24) is 9.19 Å². The Bertz CT molecular complexity index is 696. The van der Waals surface area contributed by atoms with Gasteiger partial charge in [0.05, 0.1) is 22.3 Å². The molecular weight excluding hydrogens is 264 g/mol. The van der Waals surface area contributed by atoms with Crippen LogP contribution in [0.4, 0.5) is 0 Å². The van der Waals surface area contributed by atoms with Gasteiger partial charge in [-0.05, 0) is 39.8 Å². The van der Waals surface area contributed by atoms with Gasteiger partial charge < -0.3 is 4.74 Å². The van der Waals surface area contributed by atoms with Gasteiger partial charge in [-0.1, -0.05) is 12.1 Å². The van der Waals surface area contributed by atoms with E-state index in [4.69, 9.17) is 4.74 Å². The van der Waals surface area contributed by atoms with Crippen LogP contribution in [0.3, 0.4) is 0 Å². The molecule has 1 aromatic carbocycles. The number of fused-ring (bicyclic) bond motifs is 1.